The topological polar surface area (TPSA) is 98.9 Å². The van der Waals surface area contributed by atoms with Gasteiger partial charge in [0.15, 0.2) is 5.69 Å². The van der Waals surface area contributed by atoms with Crippen molar-refractivity contribution >= 4 is 11.8 Å². The number of nitrogens with zero attached hydrogens (tertiary/aromatic N) is 3. The van der Waals surface area contributed by atoms with Crippen LogP contribution in [0.4, 0.5) is 5.82 Å². The first kappa shape index (κ1) is 12.9. The second-order valence-electron chi connectivity index (χ2n) is 3.65. The molecule has 6 nitrogen and oxygen atoms in total. The molecule has 1 rings (SSSR count). The molecule has 0 spiro atoms. The molecule has 0 aromatic carbocycles. The van der Waals surface area contributed by atoms with E-state index in [4.69, 9.17) is 10.4 Å². The van der Waals surface area contributed by atoms with Crippen molar-refractivity contribution in [1.82, 2.24) is 9.97 Å². The molecule has 90 valence electrons. The minimum atomic E-state index is -0.801. The standard InChI is InChI=1S/C11H14N4O2/c1-2-8(3-11(16)17)5-14-10-7-13-9(4-12)6-15-10/h6-8H,2-3,5H2,1H3,(H,14,15)(H,16,17). The van der Waals surface area contributed by atoms with Crippen LogP contribution in [0.3, 0.4) is 0 Å². The van der Waals surface area contributed by atoms with Crippen LogP contribution in [0.15, 0.2) is 12.4 Å². The summed E-state index contributed by atoms with van der Waals surface area (Å²) in [5, 5.41) is 20.2. The number of nitriles is 1. The number of nitrogens with one attached hydrogen (secondary N) is 1. The summed E-state index contributed by atoms with van der Waals surface area (Å²) in [7, 11) is 0. The number of hydrogen-bond acceptors (Lipinski definition) is 5. The molecule has 0 fully saturated rings. The number of carboxylic acids is 1. The van der Waals surface area contributed by atoms with Crippen LogP contribution in [-0.4, -0.2) is 27.6 Å². The van der Waals surface area contributed by atoms with Crippen LogP contribution in [-0.2, 0) is 4.79 Å². The van der Waals surface area contributed by atoms with E-state index in [0.717, 1.165) is 6.42 Å². The average molecular weight is 234 g/mol. The predicted octanol–water partition coefficient (Wildman–Crippen LogP) is 1.26. The van der Waals surface area contributed by atoms with Gasteiger partial charge >= 0.3 is 5.97 Å². The molecule has 0 aliphatic heterocycles. The molecule has 0 amide bonds. The summed E-state index contributed by atoms with van der Waals surface area (Å²) >= 11 is 0. The van der Waals surface area contributed by atoms with Gasteiger partial charge in [0.2, 0.25) is 0 Å². The first-order valence-corrected chi connectivity index (χ1v) is 5.33. The average Bonchev–Trinajstić information content (AvgIpc) is 2.34. The third kappa shape index (κ3) is 4.47. The SMILES string of the molecule is CCC(CNc1cnc(C#N)cn1)CC(=O)O. The summed E-state index contributed by atoms with van der Waals surface area (Å²) in [4.78, 5) is 18.4. The lowest BCUT2D eigenvalue weighted by atomic mass is 10.0. The fourth-order valence-electron chi connectivity index (χ4n) is 1.33. The fourth-order valence-corrected chi connectivity index (χ4v) is 1.33. The van der Waals surface area contributed by atoms with E-state index in [1.54, 1.807) is 0 Å². The highest BCUT2D eigenvalue weighted by Crippen LogP contribution is 2.09. The Kier molecular flexibility index (Phi) is 4.88. The molecular weight excluding hydrogens is 220 g/mol. The van der Waals surface area contributed by atoms with E-state index in [0.29, 0.717) is 12.4 Å². The van der Waals surface area contributed by atoms with Crippen molar-refractivity contribution in [3.63, 3.8) is 0 Å². The van der Waals surface area contributed by atoms with E-state index in [1.165, 1.54) is 12.4 Å². The molecule has 1 aromatic heterocycles. The molecule has 0 bridgehead atoms. The highest BCUT2D eigenvalue weighted by atomic mass is 16.4. The quantitative estimate of drug-likeness (QED) is 0.768. The Hall–Kier alpha value is -2.16. The van der Waals surface area contributed by atoms with Crippen molar-refractivity contribution in [2.45, 2.75) is 19.8 Å². The molecular formula is C11H14N4O2. The summed E-state index contributed by atoms with van der Waals surface area (Å²) in [6.07, 6.45) is 3.75. The first-order chi connectivity index (χ1) is 8.15. The first-order valence-electron chi connectivity index (χ1n) is 5.33. The lowest BCUT2D eigenvalue weighted by Gasteiger charge is -2.13. The van der Waals surface area contributed by atoms with Crippen molar-refractivity contribution in [2.75, 3.05) is 11.9 Å². The van der Waals surface area contributed by atoms with E-state index in [9.17, 15) is 4.79 Å². The van der Waals surface area contributed by atoms with Gasteiger partial charge in [-0.25, -0.2) is 9.97 Å². The van der Waals surface area contributed by atoms with Gasteiger partial charge in [-0.2, -0.15) is 5.26 Å². The molecule has 0 saturated heterocycles. The zero-order valence-corrected chi connectivity index (χ0v) is 9.55. The maximum Gasteiger partial charge on any atom is 0.303 e. The highest BCUT2D eigenvalue weighted by molar-refractivity contribution is 5.67. The van der Waals surface area contributed by atoms with Crippen molar-refractivity contribution in [2.24, 2.45) is 5.92 Å². The minimum absolute atomic E-state index is 0.0601. The van der Waals surface area contributed by atoms with Crippen LogP contribution >= 0.6 is 0 Å². The fraction of sp³-hybridized carbons (Fsp3) is 0.455. The summed E-state index contributed by atoms with van der Waals surface area (Å²) in [5.74, 6) is -0.192. The Labute approximate surface area is 99.3 Å². The molecule has 0 radical (unpaired) electrons. The second-order valence-corrected chi connectivity index (χ2v) is 3.65. The molecule has 1 atom stereocenters. The molecule has 1 aromatic rings. The monoisotopic (exact) mass is 234 g/mol. The summed E-state index contributed by atoms with van der Waals surface area (Å²) < 4.78 is 0. The lowest BCUT2D eigenvalue weighted by molar-refractivity contribution is -0.138. The highest BCUT2D eigenvalue weighted by Gasteiger charge is 2.11. The molecule has 2 N–H and O–H groups in total. The van der Waals surface area contributed by atoms with Crippen LogP contribution in [0.1, 0.15) is 25.5 Å². The van der Waals surface area contributed by atoms with Gasteiger partial charge in [0.25, 0.3) is 0 Å². The van der Waals surface area contributed by atoms with Crippen LogP contribution < -0.4 is 5.32 Å². The smallest absolute Gasteiger partial charge is 0.303 e. The summed E-state index contributed by atoms with van der Waals surface area (Å²) in [5.41, 5.74) is 0.258. The number of aliphatic carboxylic acids is 1. The van der Waals surface area contributed by atoms with Crippen LogP contribution in [0, 0.1) is 17.2 Å². The Balaban J connectivity index is 2.48. The van der Waals surface area contributed by atoms with Gasteiger partial charge in [-0.1, -0.05) is 13.3 Å². The van der Waals surface area contributed by atoms with Gasteiger partial charge in [-0.05, 0) is 5.92 Å². The number of rotatable bonds is 6. The van der Waals surface area contributed by atoms with Gasteiger partial charge in [0, 0.05) is 13.0 Å². The van der Waals surface area contributed by atoms with Crippen molar-refractivity contribution in [1.29, 1.82) is 5.26 Å². The largest absolute Gasteiger partial charge is 0.481 e. The van der Waals surface area contributed by atoms with Crippen molar-refractivity contribution < 1.29 is 9.90 Å². The lowest BCUT2D eigenvalue weighted by Crippen LogP contribution is -2.17. The van der Waals surface area contributed by atoms with Crippen molar-refractivity contribution in [3.05, 3.63) is 18.1 Å². The van der Waals surface area contributed by atoms with E-state index in [1.807, 2.05) is 13.0 Å². The zero-order valence-electron chi connectivity index (χ0n) is 9.55. The Morgan fingerprint density at radius 1 is 1.59 bits per heavy atom. The maximum atomic E-state index is 10.6. The van der Waals surface area contributed by atoms with Crippen LogP contribution in [0.2, 0.25) is 0 Å². The molecule has 1 heterocycles. The molecule has 1 unspecified atom stereocenters. The predicted molar refractivity (Wildman–Crippen MR) is 61.3 cm³/mol. The van der Waals surface area contributed by atoms with Gasteiger partial charge < -0.3 is 10.4 Å². The van der Waals surface area contributed by atoms with E-state index >= 15 is 0 Å². The number of hydrogen-bond donors (Lipinski definition) is 2. The van der Waals surface area contributed by atoms with Gasteiger partial charge in [-0.15, -0.1) is 0 Å². The zero-order chi connectivity index (χ0) is 12.7. The van der Waals surface area contributed by atoms with E-state index < -0.39 is 5.97 Å². The third-order valence-corrected chi connectivity index (χ3v) is 2.38. The van der Waals surface area contributed by atoms with Crippen molar-refractivity contribution in [3.8, 4) is 6.07 Å². The Bertz CT molecular complexity index is 410. The van der Waals surface area contributed by atoms with E-state index in [2.05, 4.69) is 15.3 Å². The molecule has 0 aliphatic rings. The number of carboxylic acid groups (broad SMARTS) is 1. The summed E-state index contributed by atoms with van der Waals surface area (Å²) in [6, 6.07) is 1.88. The minimum Gasteiger partial charge on any atom is -0.481 e. The van der Waals surface area contributed by atoms with Crippen LogP contribution in [0.25, 0.3) is 0 Å². The molecule has 17 heavy (non-hydrogen) atoms. The van der Waals surface area contributed by atoms with Gasteiger partial charge in [0.1, 0.15) is 11.9 Å². The Morgan fingerprint density at radius 2 is 2.35 bits per heavy atom. The molecule has 0 aliphatic carbocycles. The normalized spacial score (nSPS) is 11.5. The summed E-state index contributed by atoms with van der Waals surface area (Å²) in [6.45, 7) is 2.48. The van der Waals surface area contributed by atoms with E-state index in [-0.39, 0.29) is 18.0 Å². The molecule has 6 heteroatoms. The number of anilines is 1. The van der Waals surface area contributed by atoms with Crippen LogP contribution in [0.5, 0.6) is 0 Å². The third-order valence-electron chi connectivity index (χ3n) is 2.38. The number of aromatic nitrogens is 2. The van der Waals surface area contributed by atoms with Gasteiger partial charge in [0.05, 0.1) is 12.4 Å². The maximum absolute atomic E-state index is 10.6. The number of carbonyl (C=O) groups is 1. The second kappa shape index (κ2) is 6.43. The van der Waals surface area contributed by atoms with Gasteiger partial charge in [-0.3, -0.25) is 4.79 Å². The Morgan fingerprint density at radius 3 is 2.82 bits per heavy atom. The molecule has 0 saturated carbocycles.